The molecule has 1 aliphatic heterocycles. The van der Waals surface area contributed by atoms with Crippen LogP contribution in [0.15, 0.2) is 17.1 Å². The van der Waals surface area contributed by atoms with E-state index in [0.29, 0.717) is 13.2 Å². The summed E-state index contributed by atoms with van der Waals surface area (Å²) in [6.45, 7) is 5.34. The summed E-state index contributed by atoms with van der Waals surface area (Å²) < 4.78 is 16.5. The fraction of sp³-hybridized carbons (Fsp3) is 0.588. The molecule has 0 spiro atoms. The van der Waals surface area contributed by atoms with Crippen LogP contribution in [0.3, 0.4) is 0 Å². The Morgan fingerprint density at radius 1 is 1.43 bits per heavy atom. The third-order valence-electron chi connectivity index (χ3n) is 3.77. The van der Waals surface area contributed by atoms with Crippen LogP contribution in [0.25, 0.3) is 0 Å². The Hall–Kier alpha value is -1.95. The van der Waals surface area contributed by atoms with E-state index < -0.39 is 0 Å². The van der Waals surface area contributed by atoms with Gasteiger partial charge in [0, 0.05) is 44.3 Å². The summed E-state index contributed by atoms with van der Waals surface area (Å²) in [5, 5.41) is 6.58. The van der Waals surface area contributed by atoms with Gasteiger partial charge in [-0.25, -0.2) is 0 Å². The van der Waals surface area contributed by atoms with Crippen LogP contribution in [-0.4, -0.2) is 46.0 Å². The molecule has 0 aromatic heterocycles. The molecule has 1 aliphatic rings. The lowest BCUT2D eigenvalue weighted by Gasteiger charge is -2.18. The van der Waals surface area contributed by atoms with Crippen molar-refractivity contribution >= 4 is 5.96 Å². The van der Waals surface area contributed by atoms with Crippen LogP contribution >= 0.6 is 0 Å². The van der Waals surface area contributed by atoms with Crippen molar-refractivity contribution in [3.63, 3.8) is 0 Å². The van der Waals surface area contributed by atoms with Crippen LogP contribution in [-0.2, 0) is 17.7 Å². The number of fused-ring (bicyclic) bond motifs is 1. The second-order valence-electron chi connectivity index (χ2n) is 5.83. The van der Waals surface area contributed by atoms with E-state index in [4.69, 9.17) is 14.2 Å². The van der Waals surface area contributed by atoms with E-state index in [0.717, 1.165) is 29.4 Å². The van der Waals surface area contributed by atoms with Gasteiger partial charge in [0.15, 0.2) is 5.96 Å². The maximum Gasteiger partial charge on any atom is 0.191 e. The fourth-order valence-electron chi connectivity index (χ4n) is 2.71. The van der Waals surface area contributed by atoms with E-state index in [1.165, 1.54) is 5.56 Å². The number of nitrogens with zero attached hydrogens (tertiary/aromatic N) is 1. The summed E-state index contributed by atoms with van der Waals surface area (Å²) in [7, 11) is 5.13. The highest BCUT2D eigenvalue weighted by molar-refractivity contribution is 5.80. The summed E-state index contributed by atoms with van der Waals surface area (Å²) in [5.74, 6) is 2.55. The van der Waals surface area contributed by atoms with E-state index in [9.17, 15) is 0 Å². The molecule has 0 bridgehead atoms. The lowest BCUT2D eigenvalue weighted by atomic mass is 10.1. The van der Waals surface area contributed by atoms with Crippen LogP contribution in [0.5, 0.6) is 11.5 Å². The number of nitrogens with one attached hydrogen (secondary N) is 2. The molecule has 0 saturated heterocycles. The average molecular weight is 321 g/mol. The van der Waals surface area contributed by atoms with Crippen LogP contribution < -0.4 is 20.1 Å². The van der Waals surface area contributed by atoms with E-state index in [1.807, 2.05) is 6.92 Å². The van der Waals surface area contributed by atoms with Crippen molar-refractivity contribution in [2.45, 2.75) is 39.0 Å². The van der Waals surface area contributed by atoms with Gasteiger partial charge in [-0.3, -0.25) is 4.99 Å². The molecule has 2 rings (SSSR count). The van der Waals surface area contributed by atoms with Gasteiger partial charge in [0.2, 0.25) is 0 Å². The highest BCUT2D eigenvalue weighted by atomic mass is 16.5. The molecular formula is C17H27N3O3. The normalized spacial score (nSPS) is 18.1. The molecule has 6 nitrogen and oxygen atoms in total. The van der Waals surface area contributed by atoms with E-state index in [2.05, 4.69) is 34.7 Å². The van der Waals surface area contributed by atoms with Crippen LogP contribution in [0.1, 0.15) is 25.0 Å². The Balaban J connectivity index is 2.03. The second kappa shape index (κ2) is 8.06. The predicted octanol–water partition coefficient (Wildman–Crippen LogP) is 1.72. The zero-order chi connectivity index (χ0) is 16.8. The molecule has 23 heavy (non-hydrogen) atoms. The predicted molar refractivity (Wildman–Crippen MR) is 91.5 cm³/mol. The van der Waals surface area contributed by atoms with Crippen molar-refractivity contribution < 1.29 is 14.2 Å². The number of methoxy groups -OCH3 is 2. The molecule has 2 N–H and O–H groups in total. The summed E-state index contributed by atoms with van der Waals surface area (Å²) in [5.41, 5.74) is 2.25. The Kier molecular flexibility index (Phi) is 6.10. The molecule has 2 unspecified atom stereocenters. The van der Waals surface area contributed by atoms with Crippen LogP contribution in [0.4, 0.5) is 0 Å². The van der Waals surface area contributed by atoms with Crippen molar-refractivity contribution in [1.29, 1.82) is 0 Å². The molecule has 1 aromatic rings. The topological polar surface area (TPSA) is 64.1 Å². The molecule has 0 saturated carbocycles. The monoisotopic (exact) mass is 321 g/mol. The van der Waals surface area contributed by atoms with Gasteiger partial charge in [0.1, 0.15) is 17.6 Å². The first-order chi connectivity index (χ1) is 11.1. The maximum atomic E-state index is 5.83. The number of benzene rings is 1. The standard InChI is InChI=1S/C17H27N3O3/c1-11(10-21-4)20-17(18-3)19-9-14-8-16-13(6-12(2)23-16)7-15(14)22-5/h7-8,11-12H,6,9-10H2,1-5H3,(H2,18,19,20). The van der Waals surface area contributed by atoms with Gasteiger partial charge in [0.05, 0.1) is 13.7 Å². The first kappa shape index (κ1) is 17.4. The minimum absolute atomic E-state index is 0.178. The lowest BCUT2D eigenvalue weighted by molar-refractivity contribution is 0.179. The van der Waals surface area contributed by atoms with Gasteiger partial charge < -0.3 is 24.8 Å². The quantitative estimate of drug-likeness (QED) is 0.617. The Morgan fingerprint density at radius 3 is 2.87 bits per heavy atom. The van der Waals surface area contributed by atoms with Gasteiger partial charge >= 0.3 is 0 Å². The average Bonchev–Trinajstić information content (AvgIpc) is 2.89. The minimum Gasteiger partial charge on any atom is -0.496 e. The van der Waals surface area contributed by atoms with Crippen molar-refractivity contribution in [1.82, 2.24) is 10.6 Å². The number of ether oxygens (including phenoxy) is 3. The molecule has 1 heterocycles. The molecule has 0 fully saturated rings. The minimum atomic E-state index is 0.178. The number of hydrogen-bond acceptors (Lipinski definition) is 4. The number of aliphatic imine (C=N–C) groups is 1. The Morgan fingerprint density at radius 2 is 2.22 bits per heavy atom. The lowest BCUT2D eigenvalue weighted by Crippen LogP contribution is -2.43. The van der Waals surface area contributed by atoms with Crippen molar-refractivity contribution in [3.05, 3.63) is 23.3 Å². The molecule has 1 aromatic carbocycles. The summed E-state index contributed by atoms with van der Waals surface area (Å²) >= 11 is 0. The van der Waals surface area contributed by atoms with E-state index >= 15 is 0 Å². The smallest absolute Gasteiger partial charge is 0.191 e. The molecule has 0 radical (unpaired) electrons. The van der Waals surface area contributed by atoms with Crippen LogP contribution in [0, 0.1) is 0 Å². The highest BCUT2D eigenvalue weighted by Crippen LogP contribution is 2.34. The zero-order valence-corrected chi connectivity index (χ0v) is 14.6. The third kappa shape index (κ3) is 4.51. The van der Waals surface area contributed by atoms with Gasteiger partial charge in [-0.15, -0.1) is 0 Å². The summed E-state index contributed by atoms with van der Waals surface area (Å²) in [6, 6.07) is 4.30. The Bertz CT molecular complexity index is 560. The van der Waals surface area contributed by atoms with E-state index in [1.54, 1.807) is 21.3 Å². The molecule has 6 heteroatoms. The third-order valence-corrected chi connectivity index (χ3v) is 3.77. The number of hydrogen-bond donors (Lipinski definition) is 2. The van der Waals surface area contributed by atoms with Crippen molar-refractivity contribution in [3.8, 4) is 11.5 Å². The summed E-state index contributed by atoms with van der Waals surface area (Å²) in [6.07, 6.45) is 1.15. The van der Waals surface area contributed by atoms with E-state index in [-0.39, 0.29) is 12.1 Å². The molecule has 2 atom stereocenters. The van der Waals surface area contributed by atoms with Crippen LogP contribution in [0.2, 0.25) is 0 Å². The maximum absolute atomic E-state index is 5.83. The molecular weight excluding hydrogens is 294 g/mol. The zero-order valence-electron chi connectivity index (χ0n) is 14.6. The first-order valence-corrected chi connectivity index (χ1v) is 7.90. The second-order valence-corrected chi connectivity index (χ2v) is 5.83. The van der Waals surface area contributed by atoms with Crippen molar-refractivity contribution in [2.24, 2.45) is 4.99 Å². The highest BCUT2D eigenvalue weighted by Gasteiger charge is 2.21. The van der Waals surface area contributed by atoms with Gasteiger partial charge in [-0.05, 0) is 26.0 Å². The number of guanidine groups is 1. The van der Waals surface area contributed by atoms with Gasteiger partial charge in [-0.1, -0.05) is 0 Å². The Labute approximate surface area is 138 Å². The number of rotatable bonds is 6. The molecule has 0 amide bonds. The summed E-state index contributed by atoms with van der Waals surface area (Å²) in [4.78, 5) is 4.23. The van der Waals surface area contributed by atoms with Gasteiger partial charge in [0.25, 0.3) is 0 Å². The fourth-order valence-corrected chi connectivity index (χ4v) is 2.71. The first-order valence-electron chi connectivity index (χ1n) is 7.90. The van der Waals surface area contributed by atoms with Crippen molar-refractivity contribution in [2.75, 3.05) is 27.9 Å². The SMILES string of the molecule is CN=C(NCc1cc2c(cc1OC)CC(C)O2)NC(C)COC. The molecule has 128 valence electrons. The molecule has 0 aliphatic carbocycles. The largest absolute Gasteiger partial charge is 0.496 e. The van der Waals surface area contributed by atoms with Gasteiger partial charge in [-0.2, -0.15) is 0 Å².